The Morgan fingerprint density at radius 1 is 1.04 bits per heavy atom. The van der Waals surface area contributed by atoms with Crippen molar-refractivity contribution in [3.63, 3.8) is 0 Å². The van der Waals surface area contributed by atoms with Gasteiger partial charge in [-0.25, -0.2) is 0 Å². The maximum atomic E-state index is 11.8. The van der Waals surface area contributed by atoms with Gasteiger partial charge in [-0.15, -0.1) is 0 Å². The standard InChI is InChI=1S/C19H19NO2.C3H7N.C2H6/c1-13(21)14-6-7-17-16-4-2-3-5-18(16)20(19(17)12-14)15-8-10-22-11-9-15;1-3(2)4;1-2/h2-7,12,15H,8-11H2,1H3;1,4H2,2H3;1-2H3. The second kappa shape index (κ2) is 10.1. The van der Waals surface area contributed by atoms with Crippen LogP contribution in [-0.4, -0.2) is 23.6 Å². The van der Waals surface area contributed by atoms with Crippen LogP contribution >= 0.6 is 0 Å². The van der Waals surface area contributed by atoms with Crippen molar-refractivity contribution < 1.29 is 9.53 Å². The van der Waals surface area contributed by atoms with Gasteiger partial charge in [0.05, 0.1) is 5.52 Å². The third-order valence-electron chi connectivity index (χ3n) is 4.67. The molecule has 2 N–H and O–H groups in total. The number of rotatable bonds is 2. The number of ether oxygens (including phenoxy) is 1. The summed E-state index contributed by atoms with van der Waals surface area (Å²) >= 11 is 0. The molecule has 4 heteroatoms. The predicted octanol–water partition coefficient (Wildman–Crippen LogP) is 5.85. The normalized spacial score (nSPS) is 14.0. The Hall–Kier alpha value is -2.59. The zero-order valence-corrected chi connectivity index (χ0v) is 17.5. The van der Waals surface area contributed by atoms with E-state index in [1.807, 2.05) is 26.0 Å². The lowest BCUT2D eigenvalue weighted by Gasteiger charge is -2.25. The van der Waals surface area contributed by atoms with E-state index >= 15 is 0 Å². The lowest BCUT2D eigenvalue weighted by Crippen LogP contribution is -2.19. The van der Waals surface area contributed by atoms with Crippen molar-refractivity contribution >= 4 is 27.6 Å². The number of fused-ring (bicyclic) bond motifs is 3. The summed E-state index contributed by atoms with van der Waals surface area (Å²) in [5, 5.41) is 2.49. The molecule has 1 aliphatic heterocycles. The molecule has 1 aliphatic rings. The lowest BCUT2D eigenvalue weighted by molar-refractivity contribution is 0.0717. The maximum Gasteiger partial charge on any atom is 0.159 e. The third-order valence-corrected chi connectivity index (χ3v) is 4.67. The van der Waals surface area contributed by atoms with Gasteiger partial charge in [-0.1, -0.05) is 50.8 Å². The summed E-state index contributed by atoms with van der Waals surface area (Å²) in [4.78, 5) is 11.8. The zero-order chi connectivity index (χ0) is 20.7. The van der Waals surface area contributed by atoms with Crippen LogP contribution in [0.3, 0.4) is 0 Å². The van der Waals surface area contributed by atoms with E-state index in [4.69, 9.17) is 10.5 Å². The molecule has 3 aromatic rings. The van der Waals surface area contributed by atoms with Gasteiger partial charge in [-0.3, -0.25) is 4.79 Å². The monoisotopic (exact) mass is 380 g/mol. The number of benzene rings is 2. The van der Waals surface area contributed by atoms with Gasteiger partial charge in [-0.2, -0.15) is 0 Å². The molecule has 0 bridgehead atoms. The van der Waals surface area contributed by atoms with E-state index in [-0.39, 0.29) is 5.78 Å². The zero-order valence-electron chi connectivity index (χ0n) is 17.5. The van der Waals surface area contributed by atoms with Crippen molar-refractivity contribution in [1.29, 1.82) is 0 Å². The molecule has 2 aromatic carbocycles. The second-order valence-electron chi connectivity index (χ2n) is 6.87. The summed E-state index contributed by atoms with van der Waals surface area (Å²) in [6.07, 6.45) is 2.05. The summed E-state index contributed by atoms with van der Waals surface area (Å²) in [7, 11) is 0. The SMILES string of the molecule is C=C(C)N.CC.CC(=O)c1ccc2c3ccccc3n(C3CCOCC3)c2c1. The maximum absolute atomic E-state index is 11.8. The number of nitrogens with two attached hydrogens (primary N) is 1. The number of nitrogens with zero attached hydrogens (tertiary/aromatic N) is 1. The van der Waals surface area contributed by atoms with Gasteiger partial charge in [0.15, 0.2) is 5.78 Å². The molecule has 0 amide bonds. The molecule has 28 heavy (non-hydrogen) atoms. The number of para-hydroxylation sites is 1. The minimum atomic E-state index is 0.116. The first kappa shape index (κ1) is 21.7. The van der Waals surface area contributed by atoms with Crippen LogP contribution in [0.5, 0.6) is 0 Å². The van der Waals surface area contributed by atoms with Gasteiger partial charge in [0, 0.05) is 41.1 Å². The Kier molecular flexibility index (Phi) is 7.82. The number of allylic oxidation sites excluding steroid dienone is 1. The predicted molar refractivity (Wildman–Crippen MR) is 119 cm³/mol. The van der Waals surface area contributed by atoms with Crippen LogP contribution in [-0.2, 0) is 4.74 Å². The van der Waals surface area contributed by atoms with Crippen LogP contribution in [0.15, 0.2) is 54.7 Å². The molecule has 2 heterocycles. The highest BCUT2D eigenvalue weighted by Gasteiger charge is 2.21. The average Bonchev–Trinajstić information content (AvgIpc) is 3.03. The number of carbonyl (C=O) groups excluding carboxylic acids is 1. The Bertz CT molecular complexity index is 946. The van der Waals surface area contributed by atoms with Gasteiger partial charge in [0.25, 0.3) is 0 Å². The Labute approximate surface area is 168 Å². The molecular formula is C24H32N2O2. The van der Waals surface area contributed by atoms with E-state index in [0.29, 0.717) is 11.7 Å². The number of aromatic nitrogens is 1. The molecule has 0 spiro atoms. The number of hydrogen-bond donors (Lipinski definition) is 1. The molecule has 4 nitrogen and oxygen atoms in total. The van der Waals surface area contributed by atoms with Gasteiger partial charge < -0.3 is 15.0 Å². The fourth-order valence-corrected chi connectivity index (χ4v) is 3.56. The van der Waals surface area contributed by atoms with Gasteiger partial charge in [-0.05, 0) is 44.5 Å². The summed E-state index contributed by atoms with van der Waals surface area (Å²) in [6, 6.07) is 15.0. The average molecular weight is 381 g/mol. The van der Waals surface area contributed by atoms with Gasteiger partial charge in [0.2, 0.25) is 0 Å². The van der Waals surface area contributed by atoms with E-state index in [9.17, 15) is 4.79 Å². The van der Waals surface area contributed by atoms with E-state index < -0.39 is 0 Å². The number of ketones is 1. The first-order chi connectivity index (χ1) is 13.5. The van der Waals surface area contributed by atoms with Crippen molar-refractivity contribution in [3.8, 4) is 0 Å². The number of hydrogen-bond acceptors (Lipinski definition) is 3. The highest BCUT2D eigenvalue weighted by molar-refractivity contribution is 6.10. The van der Waals surface area contributed by atoms with Gasteiger partial charge in [0.1, 0.15) is 0 Å². The number of carbonyl (C=O) groups is 1. The Morgan fingerprint density at radius 3 is 2.21 bits per heavy atom. The van der Waals surface area contributed by atoms with Gasteiger partial charge >= 0.3 is 0 Å². The molecule has 0 atom stereocenters. The minimum Gasteiger partial charge on any atom is -0.403 e. The van der Waals surface area contributed by atoms with E-state index in [2.05, 4.69) is 41.5 Å². The highest BCUT2D eigenvalue weighted by atomic mass is 16.5. The Morgan fingerprint density at radius 2 is 1.61 bits per heavy atom. The summed E-state index contributed by atoms with van der Waals surface area (Å²) in [6.45, 7) is 12.3. The van der Waals surface area contributed by atoms with E-state index in [0.717, 1.165) is 31.6 Å². The molecule has 1 saturated heterocycles. The van der Waals surface area contributed by atoms with Crippen LogP contribution in [0.25, 0.3) is 21.8 Å². The quantitative estimate of drug-likeness (QED) is 0.567. The molecular weight excluding hydrogens is 348 g/mol. The van der Waals surface area contributed by atoms with Crippen molar-refractivity contribution in [2.24, 2.45) is 5.73 Å². The summed E-state index contributed by atoms with van der Waals surface area (Å²) in [5.74, 6) is 0.116. The molecule has 4 rings (SSSR count). The topological polar surface area (TPSA) is 57.2 Å². The fraction of sp³-hybridized carbons (Fsp3) is 0.375. The van der Waals surface area contributed by atoms with E-state index in [1.165, 1.54) is 21.8 Å². The molecule has 150 valence electrons. The van der Waals surface area contributed by atoms with Crippen molar-refractivity contribution in [3.05, 3.63) is 60.3 Å². The molecule has 0 aliphatic carbocycles. The van der Waals surface area contributed by atoms with Crippen LogP contribution in [0.1, 0.15) is 56.9 Å². The van der Waals surface area contributed by atoms with Crippen LogP contribution in [0, 0.1) is 0 Å². The van der Waals surface area contributed by atoms with Crippen LogP contribution in [0.4, 0.5) is 0 Å². The lowest BCUT2D eigenvalue weighted by atomic mass is 10.1. The smallest absolute Gasteiger partial charge is 0.159 e. The second-order valence-corrected chi connectivity index (χ2v) is 6.87. The molecule has 0 saturated carbocycles. The van der Waals surface area contributed by atoms with Crippen molar-refractivity contribution in [2.75, 3.05) is 13.2 Å². The van der Waals surface area contributed by atoms with Crippen molar-refractivity contribution in [2.45, 2.75) is 46.6 Å². The molecule has 0 unspecified atom stereocenters. The van der Waals surface area contributed by atoms with Crippen LogP contribution < -0.4 is 5.73 Å². The third kappa shape index (κ3) is 4.82. The highest BCUT2D eigenvalue weighted by Crippen LogP contribution is 2.35. The minimum absolute atomic E-state index is 0.116. The van der Waals surface area contributed by atoms with Crippen molar-refractivity contribution in [1.82, 2.24) is 4.57 Å². The fourth-order valence-electron chi connectivity index (χ4n) is 3.56. The first-order valence-corrected chi connectivity index (χ1v) is 10.0. The Balaban J connectivity index is 0.000000419. The number of Topliss-reactive ketones (excluding diaryl/α,β-unsaturated/α-hetero) is 1. The summed E-state index contributed by atoms with van der Waals surface area (Å²) in [5.41, 5.74) is 8.79. The summed E-state index contributed by atoms with van der Waals surface area (Å²) < 4.78 is 7.93. The molecule has 0 radical (unpaired) electrons. The molecule has 1 fully saturated rings. The largest absolute Gasteiger partial charge is 0.403 e. The first-order valence-electron chi connectivity index (χ1n) is 10.0. The molecule has 1 aromatic heterocycles. The van der Waals surface area contributed by atoms with Crippen LogP contribution in [0.2, 0.25) is 0 Å². The van der Waals surface area contributed by atoms with E-state index in [1.54, 1.807) is 13.8 Å².